The predicted octanol–water partition coefficient (Wildman–Crippen LogP) is 3.47. The van der Waals surface area contributed by atoms with E-state index in [1.54, 1.807) is 53.1 Å². The normalized spacial score (nSPS) is 10.6. The Morgan fingerprint density at radius 1 is 0.786 bits per heavy atom. The van der Waals surface area contributed by atoms with Gasteiger partial charge in [0.15, 0.2) is 0 Å². The number of rotatable bonds is 4. The molecule has 0 aliphatic heterocycles. The average Bonchev–Trinajstić information content (AvgIpc) is 3.10. The van der Waals surface area contributed by atoms with Crippen LogP contribution in [0.15, 0.2) is 72.9 Å². The van der Waals surface area contributed by atoms with E-state index in [4.69, 9.17) is 0 Å². The number of aromatic nitrogens is 3. The molecule has 0 fully saturated rings. The van der Waals surface area contributed by atoms with Gasteiger partial charge in [-0.15, -0.1) is 0 Å². The monoisotopic (exact) mass is 371 g/mol. The molecule has 2 N–H and O–H groups in total. The number of aryl methyl sites for hydroxylation is 1. The fraction of sp³-hybridized carbons (Fsp3) is 0.0476. The van der Waals surface area contributed by atoms with E-state index in [0.717, 1.165) is 0 Å². The van der Waals surface area contributed by atoms with E-state index < -0.39 is 0 Å². The SMILES string of the molecule is Cn1ccc2c(NC(=O)c3ccccc3)nc(NC(=O)c3ccccc3)nc21. The third-order valence-corrected chi connectivity index (χ3v) is 4.25. The molecule has 0 saturated heterocycles. The molecule has 2 amide bonds. The van der Waals surface area contributed by atoms with Crippen LogP contribution in [0.4, 0.5) is 11.8 Å². The number of nitrogens with one attached hydrogen (secondary N) is 2. The number of carbonyl (C=O) groups excluding carboxylic acids is 2. The first kappa shape index (κ1) is 17.4. The van der Waals surface area contributed by atoms with Crippen molar-refractivity contribution in [1.82, 2.24) is 14.5 Å². The van der Waals surface area contributed by atoms with Crippen molar-refractivity contribution in [3.8, 4) is 0 Å². The first-order valence-electron chi connectivity index (χ1n) is 8.68. The van der Waals surface area contributed by atoms with Crippen LogP contribution in [-0.4, -0.2) is 26.3 Å². The first-order chi connectivity index (χ1) is 13.6. The smallest absolute Gasteiger partial charge is 0.258 e. The van der Waals surface area contributed by atoms with Crippen molar-refractivity contribution in [2.75, 3.05) is 10.6 Å². The highest BCUT2D eigenvalue weighted by Gasteiger charge is 2.16. The molecule has 0 saturated carbocycles. The minimum atomic E-state index is -0.325. The number of anilines is 2. The molecular formula is C21H17N5O2. The Morgan fingerprint density at radius 2 is 1.36 bits per heavy atom. The molecule has 2 aromatic carbocycles. The van der Waals surface area contributed by atoms with Crippen molar-refractivity contribution < 1.29 is 9.59 Å². The quantitative estimate of drug-likeness (QED) is 0.575. The second-order valence-corrected chi connectivity index (χ2v) is 6.20. The zero-order valence-corrected chi connectivity index (χ0v) is 15.1. The summed E-state index contributed by atoms with van der Waals surface area (Å²) >= 11 is 0. The molecule has 0 aliphatic carbocycles. The maximum Gasteiger partial charge on any atom is 0.258 e. The highest BCUT2D eigenvalue weighted by molar-refractivity contribution is 6.08. The maximum absolute atomic E-state index is 12.6. The third-order valence-electron chi connectivity index (χ3n) is 4.25. The molecule has 0 atom stereocenters. The Morgan fingerprint density at radius 3 is 1.96 bits per heavy atom. The van der Waals surface area contributed by atoms with Crippen molar-refractivity contribution in [3.05, 3.63) is 84.1 Å². The van der Waals surface area contributed by atoms with Crippen LogP contribution < -0.4 is 10.6 Å². The van der Waals surface area contributed by atoms with Gasteiger partial charge >= 0.3 is 0 Å². The molecule has 0 bridgehead atoms. The minimum Gasteiger partial charge on any atom is -0.335 e. The van der Waals surface area contributed by atoms with E-state index in [2.05, 4.69) is 20.6 Å². The van der Waals surface area contributed by atoms with Crippen LogP contribution in [0.5, 0.6) is 0 Å². The molecule has 0 spiro atoms. The van der Waals surface area contributed by atoms with E-state index in [9.17, 15) is 9.59 Å². The lowest BCUT2D eigenvalue weighted by Gasteiger charge is -2.10. The molecule has 138 valence electrons. The van der Waals surface area contributed by atoms with Gasteiger partial charge in [-0.25, -0.2) is 0 Å². The van der Waals surface area contributed by atoms with E-state index in [1.807, 2.05) is 31.4 Å². The number of fused-ring (bicyclic) bond motifs is 1. The van der Waals surface area contributed by atoms with Crippen LogP contribution in [0.25, 0.3) is 11.0 Å². The van der Waals surface area contributed by atoms with Gasteiger partial charge in [-0.1, -0.05) is 36.4 Å². The van der Waals surface area contributed by atoms with Crippen molar-refractivity contribution in [2.45, 2.75) is 0 Å². The fourth-order valence-electron chi connectivity index (χ4n) is 2.82. The Kier molecular flexibility index (Phi) is 4.55. The van der Waals surface area contributed by atoms with Gasteiger partial charge < -0.3 is 9.88 Å². The minimum absolute atomic E-state index is 0.117. The molecule has 0 aliphatic rings. The van der Waals surface area contributed by atoms with Gasteiger partial charge in [-0.2, -0.15) is 9.97 Å². The lowest BCUT2D eigenvalue weighted by Crippen LogP contribution is -2.17. The molecule has 0 unspecified atom stereocenters. The topological polar surface area (TPSA) is 88.9 Å². The molecule has 2 heterocycles. The summed E-state index contributed by atoms with van der Waals surface area (Å²) in [6.45, 7) is 0. The van der Waals surface area contributed by atoms with E-state index >= 15 is 0 Å². The van der Waals surface area contributed by atoms with Gasteiger partial charge in [0.25, 0.3) is 11.8 Å². The van der Waals surface area contributed by atoms with Crippen LogP contribution in [0.1, 0.15) is 20.7 Å². The van der Waals surface area contributed by atoms with Crippen LogP contribution in [0.3, 0.4) is 0 Å². The number of carbonyl (C=O) groups is 2. The van der Waals surface area contributed by atoms with Crippen molar-refractivity contribution in [1.29, 1.82) is 0 Å². The van der Waals surface area contributed by atoms with E-state index in [-0.39, 0.29) is 17.8 Å². The van der Waals surface area contributed by atoms with Crippen molar-refractivity contribution in [2.24, 2.45) is 7.05 Å². The second kappa shape index (κ2) is 7.32. The number of hydrogen-bond acceptors (Lipinski definition) is 4. The average molecular weight is 371 g/mol. The van der Waals surface area contributed by atoms with Crippen molar-refractivity contribution >= 4 is 34.6 Å². The molecule has 7 heteroatoms. The Bertz CT molecular complexity index is 1150. The van der Waals surface area contributed by atoms with Crippen LogP contribution >= 0.6 is 0 Å². The summed E-state index contributed by atoms with van der Waals surface area (Å²) in [5.41, 5.74) is 1.61. The highest BCUT2D eigenvalue weighted by atomic mass is 16.2. The summed E-state index contributed by atoms with van der Waals surface area (Å²) in [4.78, 5) is 33.8. The molecule has 7 nitrogen and oxygen atoms in total. The Hall–Kier alpha value is -4.00. The van der Waals surface area contributed by atoms with Gasteiger partial charge in [0, 0.05) is 24.4 Å². The van der Waals surface area contributed by atoms with Gasteiger partial charge in [0.05, 0.1) is 5.39 Å². The Labute approximate surface area is 161 Å². The first-order valence-corrected chi connectivity index (χ1v) is 8.68. The number of hydrogen-bond donors (Lipinski definition) is 2. The van der Waals surface area contributed by atoms with Crippen LogP contribution in [0.2, 0.25) is 0 Å². The van der Waals surface area contributed by atoms with Gasteiger partial charge in [0.2, 0.25) is 5.95 Å². The number of nitrogens with zero attached hydrogens (tertiary/aromatic N) is 3. The van der Waals surface area contributed by atoms with E-state index in [0.29, 0.717) is 28.0 Å². The lowest BCUT2D eigenvalue weighted by molar-refractivity contribution is 0.101. The summed E-state index contributed by atoms with van der Waals surface area (Å²) in [5.74, 6) is -0.159. The number of amides is 2. The zero-order chi connectivity index (χ0) is 19.5. The molecule has 28 heavy (non-hydrogen) atoms. The van der Waals surface area contributed by atoms with Gasteiger partial charge in [-0.3, -0.25) is 14.9 Å². The molecule has 0 radical (unpaired) electrons. The Balaban J connectivity index is 1.68. The summed E-state index contributed by atoms with van der Waals surface area (Å²) in [6, 6.07) is 19.5. The molecule has 4 aromatic rings. The molecule has 2 aromatic heterocycles. The van der Waals surface area contributed by atoms with E-state index in [1.165, 1.54) is 0 Å². The lowest BCUT2D eigenvalue weighted by atomic mass is 10.2. The van der Waals surface area contributed by atoms with Crippen molar-refractivity contribution in [3.63, 3.8) is 0 Å². The summed E-state index contributed by atoms with van der Waals surface area (Å²) in [5, 5.41) is 6.19. The van der Waals surface area contributed by atoms with Gasteiger partial charge in [-0.05, 0) is 30.3 Å². The fourth-order valence-corrected chi connectivity index (χ4v) is 2.82. The summed E-state index contributed by atoms with van der Waals surface area (Å²) < 4.78 is 1.80. The summed E-state index contributed by atoms with van der Waals surface area (Å²) in [7, 11) is 1.83. The second-order valence-electron chi connectivity index (χ2n) is 6.20. The predicted molar refractivity (Wildman–Crippen MR) is 107 cm³/mol. The third kappa shape index (κ3) is 3.45. The largest absolute Gasteiger partial charge is 0.335 e. The molecular weight excluding hydrogens is 354 g/mol. The summed E-state index contributed by atoms with van der Waals surface area (Å²) in [6.07, 6.45) is 1.82. The number of benzene rings is 2. The molecule has 4 rings (SSSR count). The van der Waals surface area contributed by atoms with Crippen LogP contribution in [0, 0.1) is 0 Å². The standard InChI is InChI=1S/C21H17N5O2/c1-26-13-12-16-17(22-19(27)14-8-4-2-5-9-14)23-21(24-18(16)26)25-20(28)15-10-6-3-7-11-15/h2-13H,1H3,(H2,22,23,24,25,27,28). The van der Waals surface area contributed by atoms with Crippen LogP contribution in [-0.2, 0) is 7.05 Å². The zero-order valence-electron chi connectivity index (χ0n) is 15.1. The highest BCUT2D eigenvalue weighted by Crippen LogP contribution is 2.23. The maximum atomic E-state index is 12.6. The van der Waals surface area contributed by atoms with Gasteiger partial charge in [0.1, 0.15) is 11.5 Å².